The van der Waals surface area contributed by atoms with Crippen molar-refractivity contribution >= 4 is 17.6 Å². The first-order chi connectivity index (χ1) is 7.06. The maximum Gasteiger partial charge on any atom is 0.318 e. The fraction of sp³-hybridized carbons (Fsp3) is 0.800. The van der Waals surface area contributed by atoms with Gasteiger partial charge in [0.2, 0.25) is 5.89 Å². The molecule has 86 valence electrons. The van der Waals surface area contributed by atoms with Gasteiger partial charge in [0, 0.05) is 12.6 Å². The molecule has 0 aliphatic carbocycles. The number of hydrogen-bond donors (Lipinski definition) is 0. The van der Waals surface area contributed by atoms with Gasteiger partial charge >= 0.3 is 6.01 Å². The van der Waals surface area contributed by atoms with Crippen LogP contribution in [0.15, 0.2) is 4.42 Å². The normalized spacial score (nSPS) is 13.2. The van der Waals surface area contributed by atoms with Gasteiger partial charge in [-0.05, 0) is 27.2 Å². The summed E-state index contributed by atoms with van der Waals surface area (Å²) >= 11 is 5.86. The highest BCUT2D eigenvalue weighted by Gasteiger charge is 2.18. The van der Waals surface area contributed by atoms with E-state index in [0.717, 1.165) is 13.0 Å². The molecule has 0 bridgehead atoms. The average Bonchev–Trinajstić information content (AvgIpc) is 2.62. The molecule has 1 heterocycles. The van der Waals surface area contributed by atoms with Crippen LogP contribution in [0.3, 0.4) is 0 Å². The Hall–Kier alpha value is -0.770. The van der Waals surface area contributed by atoms with E-state index in [9.17, 15) is 0 Å². The Morgan fingerprint density at radius 1 is 1.33 bits per heavy atom. The maximum atomic E-state index is 5.86. The second-order valence-electron chi connectivity index (χ2n) is 3.83. The third kappa shape index (κ3) is 3.09. The minimum absolute atomic E-state index is 0.234. The molecular formula is C10H18ClN3O. The van der Waals surface area contributed by atoms with Crippen LogP contribution in [0.25, 0.3) is 0 Å². The van der Waals surface area contributed by atoms with Crippen LogP contribution in [-0.2, 0) is 0 Å². The Morgan fingerprint density at radius 3 is 2.40 bits per heavy atom. The lowest BCUT2D eigenvalue weighted by molar-refractivity contribution is 0.470. The minimum Gasteiger partial charge on any atom is -0.406 e. The molecule has 0 spiro atoms. The molecule has 0 aliphatic rings. The van der Waals surface area contributed by atoms with Crippen LogP contribution < -0.4 is 4.90 Å². The smallest absolute Gasteiger partial charge is 0.318 e. The zero-order valence-corrected chi connectivity index (χ0v) is 10.5. The van der Waals surface area contributed by atoms with E-state index >= 15 is 0 Å². The summed E-state index contributed by atoms with van der Waals surface area (Å²) in [5.74, 6) is 0.480. The fourth-order valence-electron chi connectivity index (χ4n) is 1.32. The zero-order valence-electron chi connectivity index (χ0n) is 9.70. The maximum absolute atomic E-state index is 5.86. The number of nitrogens with zero attached hydrogens (tertiary/aromatic N) is 3. The second-order valence-corrected chi connectivity index (χ2v) is 4.48. The third-order valence-electron chi connectivity index (χ3n) is 2.10. The lowest BCUT2D eigenvalue weighted by Crippen LogP contribution is -2.31. The first-order valence-corrected chi connectivity index (χ1v) is 5.74. The average molecular weight is 232 g/mol. The van der Waals surface area contributed by atoms with Crippen molar-refractivity contribution in [3.8, 4) is 0 Å². The molecule has 0 N–H and O–H groups in total. The van der Waals surface area contributed by atoms with Gasteiger partial charge in [-0.2, -0.15) is 0 Å². The van der Waals surface area contributed by atoms with E-state index in [1.165, 1.54) is 0 Å². The number of hydrogen-bond acceptors (Lipinski definition) is 4. The zero-order chi connectivity index (χ0) is 11.4. The molecule has 15 heavy (non-hydrogen) atoms. The number of anilines is 1. The number of aromatic nitrogens is 2. The lowest BCUT2D eigenvalue weighted by Gasteiger charge is -2.23. The third-order valence-corrected chi connectivity index (χ3v) is 2.29. The fourth-order valence-corrected chi connectivity index (χ4v) is 1.41. The number of alkyl halides is 1. The SMILES string of the molecule is CCCN(c1nnc(C(C)Cl)o1)C(C)C. The van der Waals surface area contributed by atoms with Gasteiger partial charge in [0.05, 0.1) is 0 Å². The summed E-state index contributed by atoms with van der Waals surface area (Å²) in [5, 5.41) is 7.68. The molecule has 1 atom stereocenters. The first kappa shape index (κ1) is 12.3. The number of halogens is 1. The second kappa shape index (κ2) is 5.35. The van der Waals surface area contributed by atoms with Crippen molar-refractivity contribution < 1.29 is 4.42 Å². The monoisotopic (exact) mass is 231 g/mol. The molecule has 1 rings (SSSR count). The van der Waals surface area contributed by atoms with Crippen LogP contribution in [0.5, 0.6) is 0 Å². The van der Waals surface area contributed by atoms with Crippen molar-refractivity contribution in [1.29, 1.82) is 0 Å². The van der Waals surface area contributed by atoms with Crippen LogP contribution >= 0.6 is 11.6 Å². The van der Waals surface area contributed by atoms with Crippen LogP contribution in [0.4, 0.5) is 6.01 Å². The highest BCUT2D eigenvalue weighted by atomic mass is 35.5. The predicted octanol–water partition coefficient (Wildman–Crippen LogP) is 2.99. The molecule has 0 amide bonds. The van der Waals surface area contributed by atoms with Gasteiger partial charge < -0.3 is 9.32 Å². The van der Waals surface area contributed by atoms with E-state index in [1.54, 1.807) is 0 Å². The Bertz CT molecular complexity index is 299. The van der Waals surface area contributed by atoms with Crippen LogP contribution in [-0.4, -0.2) is 22.8 Å². The molecular weight excluding hydrogens is 214 g/mol. The van der Waals surface area contributed by atoms with E-state index in [-0.39, 0.29) is 5.38 Å². The van der Waals surface area contributed by atoms with Crippen molar-refractivity contribution in [2.75, 3.05) is 11.4 Å². The highest BCUT2D eigenvalue weighted by Crippen LogP contribution is 2.22. The van der Waals surface area contributed by atoms with Gasteiger partial charge in [0.15, 0.2) is 0 Å². The molecule has 0 fully saturated rings. The van der Waals surface area contributed by atoms with E-state index in [4.69, 9.17) is 16.0 Å². The van der Waals surface area contributed by atoms with Crippen molar-refractivity contribution in [3.05, 3.63) is 5.89 Å². The molecule has 1 aromatic heterocycles. The van der Waals surface area contributed by atoms with Crippen molar-refractivity contribution in [2.24, 2.45) is 0 Å². The molecule has 4 nitrogen and oxygen atoms in total. The lowest BCUT2D eigenvalue weighted by atomic mass is 10.3. The molecule has 0 saturated carbocycles. The van der Waals surface area contributed by atoms with E-state index in [0.29, 0.717) is 17.9 Å². The van der Waals surface area contributed by atoms with Crippen molar-refractivity contribution in [3.63, 3.8) is 0 Å². The van der Waals surface area contributed by atoms with Gasteiger partial charge in [-0.15, -0.1) is 16.7 Å². The molecule has 1 unspecified atom stereocenters. The summed E-state index contributed by atoms with van der Waals surface area (Å²) in [5.41, 5.74) is 0. The molecule has 0 saturated heterocycles. The molecule has 0 aromatic carbocycles. The largest absolute Gasteiger partial charge is 0.406 e. The van der Waals surface area contributed by atoms with Gasteiger partial charge in [-0.1, -0.05) is 12.0 Å². The van der Waals surface area contributed by atoms with Gasteiger partial charge in [-0.3, -0.25) is 0 Å². The minimum atomic E-state index is -0.234. The summed E-state index contributed by atoms with van der Waals surface area (Å²) in [6, 6.07) is 0.915. The standard InChI is InChI=1S/C10H18ClN3O/c1-5-6-14(7(2)3)10-13-12-9(15-10)8(4)11/h7-8H,5-6H2,1-4H3. The van der Waals surface area contributed by atoms with Crippen molar-refractivity contribution in [1.82, 2.24) is 10.2 Å². The summed E-state index contributed by atoms with van der Waals surface area (Å²) in [6.07, 6.45) is 1.05. The summed E-state index contributed by atoms with van der Waals surface area (Å²) in [7, 11) is 0. The predicted molar refractivity (Wildman–Crippen MR) is 61.3 cm³/mol. The van der Waals surface area contributed by atoms with E-state index in [2.05, 4.69) is 35.9 Å². The topological polar surface area (TPSA) is 42.2 Å². The Morgan fingerprint density at radius 2 is 2.00 bits per heavy atom. The molecule has 5 heteroatoms. The van der Waals surface area contributed by atoms with Crippen LogP contribution in [0.1, 0.15) is 45.4 Å². The molecule has 1 aromatic rings. The van der Waals surface area contributed by atoms with E-state index in [1.807, 2.05) is 6.92 Å². The Kier molecular flexibility index (Phi) is 4.39. The number of rotatable bonds is 5. The van der Waals surface area contributed by atoms with Gasteiger partial charge in [0.1, 0.15) is 5.38 Å². The van der Waals surface area contributed by atoms with E-state index < -0.39 is 0 Å². The highest BCUT2D eigenvalue weighted by molar-refractivity contribution is 6.20. The Labute approximate surface area is 95.6 Å². The quantitative estimate of drug-likeness (QED) is 0.731. The van der Waals surface area contributed by atoms with Gasteiger partial charge in [-0.25, -0.2) is 0 Å². The van der Waals surface area contributed by atoms with Crippen LogP contribution in [0.2, 0.25) is 0 Å². The van der Waals surface area contributed by atoms with Crippen molar-refractivity contribution in [2.45, 2.75) is 45.5 Å². The summed E-state index contributed by atoms with van der Waals surface area (Å²) in [6.45, 7) is 9.05. The first-order valence-electron chi connectivity index (χ1n) is 5.30. The summed E-state index contributed by atoms with van der Waals surface area (Å²) < 4.78 is 5.49. The Balaban J connectivity index is 2.81. The summed E-state index contributed by atoms with van der Waals surface area (Å²) in [4.78, 5) is 2.08. The molecule has 0 aliphatic heterocycles. The van der Waals surface area contributed by atoms with Gasteiger partial charge in [0.25, 0.3) is 0 Å². The van der Waals surface area contributed by atoms with Crippen LogP contribution in [0, 0.1) is 0 Å². The molecule has 0 radical (unpaired) electrons.